The van der Waals surface area contributed by atoms with Crippen molar-refractivity contribution in [3.8, 4) is 0 Å². The lowest BCUT2D eigenvalue weighted by molar-refractivity contribution is -0.166. The van der Waals surface area contributed by atoms with Gasteiger partial charge >= 0.3 is 17.9 Å². The monoisotopic (exact) mass is 955 g/mol. The summed E-state index contributed by atoms with van der Waals surface area (Å²) in [4.78, 5) is 38.1. The molecule has 0 radical (unpaired) electrons. The van der Waals surface area contributed by atoms with E-state index in [-0.39, 0.29) is 31.6 Å². The lowest BCUT2D eigenvalue weighted by atomic mass is 10.0. The van der Waals surface area contributed by atoms with Gasteiger partial charge in [0.1, 0.15) is 13.2 Å². The number of hydrogen-bond acceptors (Lipinski definition) is 6. The molecular formula is C63H102O6. The molecule has 6 heteroatoms. The Balaban J connectivity index is 4.57. The summed E-state index contributed by atoms with van der Waals surface area (Å²) in [5.41, 5.74) is 0. The molecule has 0 rings (SSSR count). The fraction of sp³-hybridized carbons (Fsp3) is 0.635. The minimum absolute atomic E-state index is 0.120. The van der Waals surface area contributed by atoms with Gasteiger partial charge in [0.05, 0.1) is 0 Å². The largest absolute Gasteiger partial charge is 0.462 e. The second-order valence-electron chi connectivity index (χ2n) is 18.1. The first-order chi connectivity index (χ1) is 34.0. The van der Waals surface area contributed by atoms with Gasteiger partial charge in [-0.15, -0.1) is 0 Å². The molecule has 0 aliphatic carbocycles. The molecule has 0 aromatic rings. The van der Waals surface area contributed by atoms with Crippen LogP contribution >= 0.6 is 0 Å². The fourth-order valence-electron chi connectivity index (χ4n) is 7.27. The maximum Gasteiger partial charge on any atom is 0.306 e. The van der Waals surface area contributed by atoms with Gasteiger partial charge in [-0.05, 0) is 103 Å². The smallest absolute Gasteiger partial charge is 0.306 e. The lowest BCUT2D eigenvalue weighted by Crippen LogP contribution is -2.30. The number of unbranched alkanes of at least 4 members (excludes halogenated alkanes) is 18. The van der Waals surface area contributed by atoms with Crippen LogP contribution in [0.3, 0.4) is 0 Å². The zero-order valence-corrected chi connectivity index (χ0v) is 44.5. The minimum atomic E-state index is -0.834. The summed E-state index contributed by atoms with van der Waals surface area (Å²) in [6.45, 7) is 6.40. The molecule has 1 atom stereocenters. The average Bonchev–Trinajstić information content (AvgIpc) is 3.35. The highest BCUT2D eigenvalue weighted by atomic mass is 16.6. The van der Waals surface area contributed by atoms with Crippen LogP contribution in [0.1, 0.15) is 239 Å². The van der Waals surface area contributed by atoms with E-state index in [9.17, 15) is 14.4 Å². The Hall–Kier alpha value is -4.19. The van der Waals surface area contributed by atoms with Crippen LogP contribution in [0.15, 0.2) is 122 Å². The Labute approximate surface area is 424 Å². The van der Waals surface area contributed by atoms with Crippen LogP contribution in [-0.4, -0.2) is 37.2 Å². The molecule has 0 fully saturated rings. The molecule has 69 heavy (non-hydrogen) atoms. The molecule has 0 aromatic heterocycles. The molecule has 0 spiro atoms. The van der Waals surface area contributed by atoms with E-state index in [1.807, 2.05) is 12.2 Å². The fourth-order valence-corrected chi connectivity index (χ4v) is 7.27. The third-order valence-electron chi connectivity index (χ3n) is 11.5. The van der Waals surface area contributed by atoms with E-state index in [1.54, 1.807) is 0 Å². The van der Waals surface area contributed by atoms with Gasteiger partial charge in [0.25, 0.3) is 0 Å². The number of hydrogen-bond donors (Lipinski definition) is 0. The molecule has 0 unspecified atom stereocenters. The van der Waals surface area contributed by atoms with E-state index < -0.39 is 12.1 Å². The molecule has 0 saturated carbocycles. The summed E-state index contributed by atoms with van der Waals surface area (Å²) in [6.07, 6.45) is 77.7. The first kappa shape index (κ1) is 64.8. The van der Waals surface area contributed by atoms with Crippen molar-refractivity contribution >= 4 is 17.9 Å². The molecular weight excluding hydrogens is 853 g/mol. The molecule has 6 nitrogen and oxygen atoms in total. The van der Waals surface area contributed by atoms with Crippen LogP contribution in [0.4, 0.5) is 0 Å². The van der Waals surface area contributed by atoms with Crippen molar-refractivity contribution in [2.24, 2.45) is 0 Å². The Morgan fingerprint density at radius 2 is 0.594 bits per heavy atom. The van der Waals surface area contributed by atoms with Crippen molar-refractivity contribution in [2.45, 2.75) is 245 Å². The molecule has 0 aliphatic heterocycles. The third-order valence-corrected chi connectivity index (χ3v) is 11.5. The van der Waals surface area contributed by atoms with Crippen LogP contribution in [-0.2, 0) is 28.6 Å². The first-order valence-electron chi connectivity index (χ1n) is 28.0. The number of carbonyl (C=O) groups excluding carboxylic acids is 3. The maximum atomic E-state index is 12.8. The summed E-state index contributed by atoms with van der Waals surface area (Å²) in [6, 6.07) is 0. The summed E-state index contributed by atoms with van der Waals surface area (Å²) in [5, 5.41) is 0. The molecule has 390 valence electrons. The maximum absolute atomic E-state index is 12.8. The number of ether oxygens (including phenoxy) is 3. The third kappa shape index (κ3) is 54.6. The highest BCUT2D eigenvalue weighted by Gasteiger charge is 2.19. The molecule has 0 aliphatic rings. The SMILES string of the molecule is CC/C=C\C/C=C\C/C=C\C/C=C\C/C=C\C/C=C\CCC(=O)O[C@H](COC(=O)CCCCC/C=C\C/C=C\C/C=C\C/C=C\CCCCC)COC(=O)CCCCCCCCCCCCCCC. The van der Waals surface area contributed by atoms with E-state index >= 15 is 0 Å². The number of esters is 3. The van der Waals surface area contributed by atoms with Gasteiger partial charge in [-0.2, -0.15) is 0 Å². The highest BCUT2D eigenvalue weighted by molar-refractivity contribution is 5.71. The van der Waals surface area contributed by atoms with Gasteiger partial charge in [-0.25, -0.2) is 0 Å². The van der Waals surface area contributed by atoms with Crippen LogP contribution < -0.4 is 0 Å². The van der Waals surface area contributed by atoms with Gasteiger partial charge in [-0.1, -0.05) is 239 Å². The topological polar surface area (TPSA) is 78.9 Å². The van der Waals surface area contributed by atoms with Crippen molar-refractivity contribution in [3.05, 3.63) is 122 Å². The van der Waals surface area contributed by atoms with Crippen LogP contribution in [0.5, 0.6) is 0 Å². The Bertz CT molecular complexity index is 1470. The van der Waals surface area contributed by atoms with E-state index in [4.69, 9.17) is 14.2 Å². The van der Waals surface area contributed by atoms with Crippen molar-refractivity contribution in [2.75, 3.05) is 13.2 Å². The second kappa shape index (κ2) is 56.4. The second-order valence-corrected chi connectivity index (χ2v) is 18.1. The molecule has 0 bridgehead atoms. The van der Waals surface area contributed by atoms with Gasteiger partial charge < -0.3 is 14.2 Å². The molecule has 0 aromatic carbocycles. The van der Waals surface area contributed by atoms with Gasteiger partial charge in [-0.3, -0.25) is 14.4 Å². The molecule has 0 N–H and O–H groups in total. The van der Waals surface area contributed by atoms with E-state index in [2.05, 4.69) is 130 Å². The van der Waals surface area contributed by atoms with Crippen LogP contribution in [0.2, 0.25) is 0 Å². The predicted molar refractivity (Wildman–Crippen MR) is 297 cm³/mol. The predicted octanol–water partition coefficient (Wildman–Crippen LogP) is 18.9. The summed E-state index contributed by atoms with van der Waals surface area (Å²) in [7, 11) is 0. The summed E-state index contributed by atoms with van der Waals surface area (Å²) < 4.78 is 16.7. The summed E-state index contributed by atoms with van der Waals surface area (Å²) in [5.74, 6) is -1.04. The number of carbonyl (C=O) groups is 3. The Kier molecular flexibility index (Phi) is 53.0. The zero-order chi connectivity index (χ0) is 50.0. The lowest BCUT2D eigenvalue weighted by Gasteiger charge is -2.18. The average molecular weight is 956 g/mol. The first-order valence-corrected chi connectivity index (χ1v) is 28.0. The molecule has 0 saturated heterocycles. The van der Waals surface area contributed by atoms with Crippen molar-refractivity contribution in [1.82, 2.24) is 0 Å². The summed E-state index contributed by atoms with van der Waals surface area (Å²) >= 11 is 0. The normalized spacial score (nSPS) is 13.0. The number of allylic oxidation sites excluding steroid dienone is 20. The number of rotatable bonds is 49. The van der Waals surface area contributed by atoms with Crippen molar-refractivity contribution in [1.29, 1.82) is 0 Å². The van der Waals surface area contributed by atoms with E-state index in [1.165, 1.54) is 89.9 Å². The van der Waals surface area contributed by atoms with Crippen molar-refractivity contribution < 1.29 is 28.6 Å². The standard InChI is InChI=1S/C63H102O6/c1-4-7-10-13-16-19-22-25-27-29-31-33-35-38-41-44-47-50-53-56-62(65)68-59-60(58-67-61(64)55-52-49-46-43-40-37-24-21-18-15-12-9-6-3)69-63(66)57-54-51-48-45-42-39-36-34-32-30-28-26-23-20-17-14-11-8-5-2/h8,11,16-17,19-20,25-28,31-34,38-39,41-42,48,51,60H,4-7,9-10,12-15,18,21-24,29-30,35-37,40,43-47,49-50,52-59H2,1-3H3/b11-8-,19-16-,20-17-,27-25-,28-26-,33-31-,34-32-,41-38-,42-39-,51-48-/t60-/m0/s1. The van der Waals surface area contributed by atoms with Crippen molar-refractivity contribution in [3.63, 3.8) is 0 Å². The van der Waals surface area contributed by atoms with E-state index in [0.717, 1.165) is 103 Å². The van der Waals surface area contributed by atoms with Gasteiger partial charge in [0, 0.05) is 19.3 Å². The minimum Gasteiger partial charge on any atom is -0.462 e. The van der Waals surface area contributed by atoms with Gasteiger partial charge in [0.2, 0.25) is 0 Å². The van der Waals surface area contributed by atoms with Gasteiger partial charge in [0.15, 0.2) is 6.10 Å². The Morgan fingerprint density at radius 1 is 0.304 bits per heavy atom. The quantitative estimate of drug-likeness (QED) is 0.0262. The zero-order valence-electron chi connectivity index (χ0n) is 44.5. The highest BCUT2D eigenvalue weighted by Crippen LogP contribution is 2.14. The molecule has 0 heterocycles. The van der Waals surface area contributed by atoms with Crippen LogP contribution in [0, 0.1) is 0 Å². The van der Waals surface area contributed by atoms with E-state index in [0.29, 0.717) is 19.3 Å². The van der Waals surface area contributed by atoms with Crippen LogP contribution in [0.25, 0.3) is 0 Å². The molecule has 0 amide bonds. The Morgan fingerprint density at radius 3 is 0.971 bits per heavy atom.